The molecule has 106 valence electrons. The second-order valence-electron chi connectivity index (χ2n) is 4.88. The highest BCUT2D eigenvalue weighted by Crippen LogP contribution is 2.30. The lowest BCUT2D eigenvalue weighted by atomic mass is 10.1. The van der Waals surface area contributed by atoms with Crippen LogP contribution in [0.25, 0.3) is 0 Å². The molecule has 0 aromatic carbocycles. The molecular weight excluding hydrogens is 290 g/mol. The van der Waals surface area contributed by atoms with E-state index in [2.05, 4.69) is 0 Å². The number of sulfonamides is 1. The van der Waals surface area contributed by atoms with Crippen molar-refractivity contribution in [2.75, 3.05) is 13.1 Å². The Labute approximate surface area is 115 Å². The Bertz CT molecular complexity index is 590. The van der Waals surface area contributed by atoms with Crippen LogP contribution in [0.4, 0.5) is 0 Å². The van der Waals surface area contributed by atoms with Crippen LogP contribution in [0.1, 0.15) is 18.2 Å². The average molecular weight is 305 g/mol. The van der Waals surface area contributed by atoms with E-state index in [0.717, 1.165) is 11.3 Å². The van der Waals surface area contributed by atoms with Crippen molar-refractivity contribution in [3.8, 4) is 0 Å². The summed E-state index contributed by atoms with van der Waals surface area (Å²) < 4.78 is 26.0. The van der Waals surface area contributed by atoms with Crippen LogP contribution in [0.5, 0.6) is 0 Å². The molecule has 1 aromatic rings. The Balaban J connectivity index is 2.21. The summed E-state index contributed by atoms with van der Waals surface area (Å²) in [6.45, 7) is 1.95. The number of nitrogens with zero attached hydrogens (tertiary/aromatic N) is 1. The number of carboxylic acid groups (broad SMARTS) is 1. The largest absolute Gasteiger partial charge is 0.481 e. The molecule has 2 heterocycles. The fourth-order valence-electron chi connectivity index (χ4n) is 1.98. The van der Waals surface area contributed by atoms with Crippen LogP contribution in [0.2, 0.25) is 0 Å². The zero-order chi connectivity index (χ0) is 14.3. The quantitative estimate of drug-likeness (QED) is 0.845. The maximum Gasteiger partial charge on any atom is 0.308 e. The van der Waals surface area contributed by atoms with Crippen LogP contribution >= 0.6 is 11.3 Å². The van der Waals surface area contributed by atoms with Gasteiger partial charge in [0.05, 0.1) is 12.0 Å². The molecule has 2 N–H and O–H groups in total. The monoisotopic (exact) mass is 305 g/mol. The number of aliphatic carboxylic acids is 1. The molecule has 0 bridgehead atoms. The summed E-state index contributed by atoms with van der Waals surface area (Å²) >= 11 is 0.963. The van der Waals surface area contributed by atoms with Gasteiger partial charge in [-0.25, -0.2) is 8.42 Å². The van der Waals surface area contributed by atoms with Gasteiger partial charge in [-0.15, -0.1) is 11.3 Å². The second-order valence-corrected chi connectivity index (χ2v) is 8.21. The highest BCUT2D eigenvalue weighted by atomic mass is 32.2. The van der Waals surface area contributed by atoms with E-state index in [0.29, 0.717) is 11.3 Å². The fraction of sp³-hybridized carbons (Fsp3) is 0.545. The third kappa shape index (κ3) is 3.14. The molecule has 1 aliphatic rings. The van der Waals surface area contributed by atoms with Gasteiger partial charge in [-0.1, -0.05) is 0 Å². The van der Waals surface area contributed by atoms with Gasteiger partial charge in [-0.05, 0) is 25.5 Å². The standard InChI is InChI=1S/C11H15NO5S2/c1-11(15)4-5-12(7-11)19(16,17)10-3-2-8(18-10)6-9(13)14/h2-3,15H,4-7H2,1H3,(H,13,14). The molecule has 6 nitrogen and oxygen atoms in total. The topological polar surface area (TPSA) is 94.9 Å². The molecule has 2 rings (SSSR count). The number of hydrogen-bond donors (Lipinski definition) is 2. The first-order chi connectivity index (χ1) is 8.71. The molecule has 0 radical (unpaired) electrons. The summed E-state index contributed by atoms with van der Waals surface area (Å²) in [5.41, 5.74) is -0.992. The van der Waals surface area contributed by atoms with E-state index in [1.165, 1.54) is 16.4 Å². The van der Waals surface area contributed by atoms with E-state index < -0.39 is 21.6 Å². The molecule has 0 saturated carbocycles. The van der Waals surface area contributed by atoms with Crippen molar-refractivity contribution in [1.82, 2.24) is 4.31 Å². The van der Waals surface area contributed by atoms with Gasteiger partial charge in [0.1, 0.15) is 4.21 Å². The zero-order valence-electron chi connectivity index (χ0n) is 10.4. The minimum atomic E-state index is -3.63. The van der Waals surface area contributed by atoms with Crippen LogP contribution in [-0.4, -0.2) is 47.6 Å². The maximum absolute atomic E-state index is 12.3. The summed E-state index contributed by atoms with van der Waals surface area (Å²) in [7, 11) is -3.63. The Kier molecular flexibility index (Phi) is 3.69. The van der Waals surface area contributed by atoms with E-state index in [-0.39, 0.29) is 23.7 Å². The molecule has 1 fully saturated rings. The summed E-state index contributed by atoms with van der Waals surface area (Å²) in [5.74, 6) is -0.991. The number of β-amino-alcohol motifs (C(OH)–C–C–N with tert-alkyl or cyclic N) is 1. The number of aliphatic hydroxyl groups is 1. The van der Waals surface area contributed by atoms with Crippen LogP contribution < -0.4 is 0 Å². The maximum atomic E-state index is 12.3. The predicted octanol–water partition coefficient (Wildman–Crippen LogP) is 0.521. The fourth-order valence-corrected chi connectivity index (χ4v) is 5.04. The number of hydrogen-bond acceptors (Lipinski definition) is 5. The normalized spacial score (nSPS) is 24.7. The third-order valence-corrected chi connectivity index (χ3v) is 6.37. The molecule has 1 unspecified atom stereocenters. The lowest BCUT2D eigenvalue weighted by Gasteiger charge is -2.17. The van der Waals surface area contributed by atoms with Crippen molar-refractivity contribution in [1.29, 1.82) is 0 Å². The molecule has 0 aliphatic carbocycles. The molecule has 19 heavy (non-hydrogen) atoms. The first-order valence-electron chi connectivity index (χ1n) is 5.74. The third-order valence-electron chi connectivity index (χ3n) is 2.97. The number of carbonyl (C=O) groups is 1. The minimum Gasteiger partial charge on any atom is -0.481 e. The highest BCUT2D eigenvalue weighted by Gasteiger charge is 2.39. The van der Waals surface area contributed by atoms with Crippen LogP contribution in [0.3, 0.4) is 0 Å². The Morgan fingerprint density at radius 1 is 1.53 bits per heavy atom. The van der Waals surface area contributed by atoms with Gasteiger partial charge in [0.2, 0.25) is 0 Å². The van der Waals surface area contributed by atoms with Gasteiger partial charge < -0.3 is 10.2 Å². The minimum absolute atomic E-state index is 0.0709. The van der Waals surface area contributed by atoms with E-state index in [9.17, 15) is 18.3 Å². The van der Waals surface area contributed by atoms with Crippen molar-refractivity contribution >= 4 is 27.3 Å². The number of rotatable bonds is 4. The average Bonchev–Trinajstić information content (AvgIpc) is 2.84. The van der Waals surface area contributed by atoms with Gasteiger partial charge in [0.15, 0.2) is 0 Å². The van der Waals surface area contributed by atoms with E-state index >= 15 is 0 Å². The van der Waals surface area contributed by atoms with Crippen molar-refractivity contribution in [2.24, 2.45) is 0 Å². The van der Waals surface area contributed by atoms with Gasteiger partial charge in [-0.3, -0.25) is 4.79 Å². The van der Waals surface area contributed by atoms with Crippen molar-refractivity contribution in [2.45, 2.75) is 29.6 Å². The van der Waals surface area contributed by atoms with Gasteiger partial charge >= 0.3 is 5.97 Å². The predicted molar refractivity (Wildman–Crippen MR) is 69.7 cm³/mol. The highest BCUT2D eigenvalue weighted by molar-refractivity contribution is 7.91. The van der Waals surface area contributed by atoms with E-state index in [1.54, 1.807) is 6.92 Å². The summed E-state index contributed by atoms with van der Waals surface area (Å²) in [6.07, 6.45) is 0.220. The van der Waals surface area contributed by atoms with E-state index in [1.807, 2.05) is 0 Å². The lowest BCUT2D eigenvalue weighted by molar-refractivity contribution is -0.136. The SMILES string of the molecule is CC1(O)CCN(S(=O)(=O)c2ccc(CC(=O)O)s2)C1. The zero-order valence-corrected chi connectivity index (χ0v) is 12.0. The molecule has 0 spiro atoms. The molecule has 1 aliphatic heterocycles. The molecule has 1 aromatic heterocycles. The lowest BCUT2D eigenvalue weighted by Crippen LogP contribution is -2.33. The van der Waals surface area contributed by atoms with Crippen molar-refractivity contribution < 1.29 is 23.4 Å². The summed E-state index contributed by atoms with van der Waals surface area (Å²) in [4.78, 5) is 11.1. The van der Waals surface area contributed by atoms with E-state index in [4.69, 9.17) is 5.11 Å². The smallest absolute Gasteiger partial charge is 0.308 e. The van der Waals surface area contributed by atoms with Crippen LogP contribution in [0.15, 0.2) is 16.3 Å². The Hall–Kier alpha value is -0.960. The molecule has 0 amide bonds. The molecular formula is C11H15NO5S2. The van der Waals surface area contributed by atoms with Gasteiger partial charge in [0, 0.05) is 18.0 Å². The van der Waals surface area contributed by atoms with Crippen molar-refractivity contribution in [3.05, 3.63) is 17.0 Å². The van der Waals surface area contributed by atoms with Gasteiger partial charge in [0.25, 0.3) is 10.0 Å². The Morgan fingerprint density at radius 2 is 2.21 bits per heavy atom. The number of thiophene rings is 1. The number of carboxylic acids is 1. The van der Waals surface area contributed by atoms with Crippen LogP contribution in [-0.2, 0) is 21.2 Å². The van der Waals surface area contributed by atoms with Gasteiger partial charge in [-0.2, -0.15) is 4.31 Å². The van der Waals surface area contributed by atoms with Crippen LogP contribution in [0, 0.1) is 0 Å². The molecule has 8 heteroatoms. The Morgan fingerprint density at radius 3 is 2.74 bits per heavy atom. The first kappa shape index (κ1) is 14.4. The summed E-state index contributed by atoms with van der Waals surface area (Å²) in [5, 5.41) is 18.5. The molecule has 1 saturated heterocycles. The second kappa shape index (κ2) is 4.86. The molecule has 1 atom stereocenters. The first-order valence-corrected chi connectivity index (χ1v) is 7.99. The summed E-state index contributed by atoms with van der Waals surface area (Å²) in [6, 6.07) is 2.94. The van der Waals surface area contributed by atoms with Crippen molar-refractivity contribution in [3.63, 3.8) is 0 Å².